The Morgan fingerprint density at radius 3 is 2.13 bits per heavy atom. The van der Waals surface area contributed by atoms with Crippen LogP contribution in [-0.2, 0) is 6.42 Å². The number of nitrogens with two attached hydrogens (primary N) is 1. The summed E-state index contributed by atoms with van der Waals surface area (Å²) < 4.78 is 0. The van der Waals surface area contributed by atoms with Crippen LogP contribution >= 0.6 is 23.2 Å². The molecular formula is C19H24Cl2N2. The monoisotopic (exact) mass is 350 g/mol. The molecule has 2 atom stereocenters. The third-order valence-corrected chi connectivity index (χ3v) is 4.89. The minimum atomic E-state index is 0.352. The van der Waals surface area contributed by atoms with Gasteiger partial charge >= 0.3 is 0 Å². The van der Waals surface area contributed by atoms with E-state index in [0.29, 0.717) is 17.0 Å². The van der Waals surface area contributed by atoms with E-state index in [0.717, 1.165) is 29.1 Å². The van der Waals surface area contributed by atoms with Crippen LogP contribution in [0.4, 0.5) is 5.69 Å². The highest BCUT2D eigenvalue weighted by atomic mass is 35.5. The zero-order valence-corrected chi connectivity index (χ0v) is 15.4. The lowest BCUT2D eigenvalue weighted by atomic mass is 9.84. The Bertz CT molecular complexity index is 638. The molecule has 124 valence electrons. The van der Waals surface area contributed by atoms with Crippen molar-refractivity contribution in [3.05, 3.63) is 63.6 Å². The van der Waals surface area contributed by atoms with Gasteiger partial charge in [-0.1, -0.05) is 48.3 Å². The molecule has 2 nitrogen and oxygen atoms in total. The number of nitrogen functional groups attached to an aromatic ring is 1. The molecule has 0 spiro atoms. The van der Waals surface area contributed by atoms with E-state index in [9.17, 15) is 0 Å². The molecule has 0 aliphatic rings. The van der Waals surface area contributed by atoms with Crippen molar-refractivity contribution in [2.45, 2.75) is 31.7 Å². The quantitative estimate of drug-likeness (QED) is 0.721. The molecule has 23 heavy (non-hydrogen) atoms. The number of anilines is 1. The Morgan fingerprint density at radius 1 is 1.00 bits per heavy atom. The van der Waals surface area contributed by atoms with Crippen molar-refractivity contribution in [1.82, 2.24) is 4.90 Å². The van der Waals surface area contributed by atoms with Crippen LogP contribution in [0.25, 0.3) is 0 Å². The van der Waals surface area contributed by atoms with Crippen LogP contribution in [0, 0.1) is 0 Å². The zero-order chi connectivity index (χ0) is 17.0. The predicted octanol–water partition coefficient (Wildman–Crippen LogP) is 5.24. The van der Waals surface area contributed by atoms with Crippen LogP contribution in [0.2, 0.25) is 10.0 Å². The lowest BCUT2D eigenvalue weighted by molar-refractivity contribution is 0.246. The number of rotatable bonds is 6. The molecule has 4 heteroatoms. The van der Waals surface area contributed by atoms with Crippen LogP contribution in [0.3, 0.4) is 0 Å². The summed E-state index contributed by atoms with van der Waals surface area (Å²) in [5, 5.41) is 1.45. The van der Waals surface area contributed by atoms with Crippen molar-refractivity contribution in [2.24, 2.45) is 0 Å². The predicted molar refractivity (Wildman–Crippen MR) is 102 cm³/mol. The molecule has 0 amide bonds. The number of hydrogen-bond acceptors (Lipinski definition) is 2. The highest BCUT2D eigenvalue weighted by Gasteiger charge is 2.24. The maximum absolute atomic E-state index is 6.15. The molecule has 0 aliphatic heterocycles. The standard InChI is InChI=1S/C19H24Cl2N2/c1-4-17(13-5-8-15(20)9-6-13)19(23(2)3)11-14-7-10-16(21)12-18(14)22/h5-10,12,17,19H,4,11,22H2,1-3H3. The SMILES string of the molecule is CCC(c1ccc(Cl)cc1)C(Cc1ccc(Cl)cc1N)N(C)C. The largest absolute Gasteiger partial charge is 0.398 e. The highest BCUT2D eigenvalue weighted by Crippen LogP contribution is 2.31. The van der Waals surface area contributed by atoms with Crippen molar-refractivity contribution in [3.63, 3.8) is 0 Å². The molecule has 0 aromatic heterocycles. The van der Waals surface area contributed by atoms with E-state index in [2.05, 4.69) is 38.1 Å². The topological polar surface area (TPSA) is 29.3 Å². The van der Waals surface area contributed by atoms with Crippen molar-refractivity contribution >= 4 is 28.9 Å². The highest BCUT2D eigenvalue weighted by molar-refractivity contribution is 6.31. The Kier molecular flexibility index (Phi) is 6.34. The van der Waals surface area contributed by atoms with Crippen LogP contribution in [0.15, 0.2) is 42.5 Å². The lowest BCUT2D eigenvalue weighted by Crippen LogP contribution is -2.36. The molecule has 2 N–H and O–H groups in total. The molecule has 0 heterocycles. The molecular weight excluding hydrogens is 327 g/mol. The summed E-state index contributed by atoms with van der Waals surface area (Å²) in [5.41, 5.74) is 9.36. The molecule has 0 aliphatic carbocycles. The average Bonchev–Trinajstić information content (AvgIpc) is 2.50. The summed E-state index contributed by atoms with van der Waals surface area (Å²) in [6.45, 7) is 2.22. The molecule has 2 rings (SSSR count). The molecule has 0 saturated heterocycles. The van der Waals surface area contributed by atoms with E-state index in [1.165, 1.54) is 5.56 Å². The van der Waals surface area contributed by atoms with Crippen molar-refractivity contribution in [3.8, 4) is 0 Å². The minimum absolute atomic E-state index is 0.352. The first-order chi connectivity index (χ1) is 10.9. The first-order valence-corrected chi connectivity index (χ1v) is 8.63. The summed E-state index contributed by atoms with van der Waals surface area (Å²) in [5.74, 6) is 0.414. The summed E-state index contributed by atoms with van der Waals surface area (Å²) in [6.07, 6.45) is 1.94. The number of hydrogen-bond donors (Lipinski definition) is 1. The molecule has 0 bridgehead atoms. The van der Waals surface area contributed by atoms with Gasteiger partial charge in [0.15, 0.2) is 0 Å². The second-order valence-electron chi connectivity index (χ2n) is 6.14. The summed E-state index contributed by atoms with van der Waals surface area (Å²) >= 11 is 12.0. The Balaban J connectivity index is 2.30. The van der Waals surface area contributed by atoms with Gasteiger partial charge in [-0.25, -0.2) is 0 Å². The second kappa shape index (κ2) is 8.05. The fraction of sp³-hybridized carbons (Fsp3) is 0.368. The number of benzene rings is 2. The van der Waals surface area contributed by atoms with Gasteiger partial charge in [-0.2, -0.15) is 0 Å². The van der Waals surface area contributed by atoms with Crippen LogP contribution in [0.1, 0.15) is 30.4 Å². The summed E-state index contributed by atoms with van der Waals surface area (Å²) in [7, 11) is 4.24. The smallest absolute Gasteiger partial charge is 0.0426 e. The molecule has 2 aromatic carbocycles. The van der Waals surface area contributed by atoms with Gasteiger partial charge in [-0.15, -0.1) is 0 Å². The van der Waals surface area contributed by atoms with Crippen molar-refractivity contribution in [1.29, 1.82) is 0 Å². The normalized spacial score (nSPS) is 14.0. The van der Waals surface area contributed by atoms with E-state index >= 15 is 0 Å². The molecule has 0 saturated carbocycles. The number of halogens is 2. The van der Waals surface area contributed by atoms with Crippen molar-refractivity contribution < 1.29 is 0 Å². The van der Waals surface area contributed by atoms with E-state index in [1.807, 2.05) is 30.3 Å². The van der Waals surface area contributed by atoms with Gasteiger partial charge in [0.25, 0.3) is 0 Å². The average molecular weight is 351 g/mol. The lowest BCUT2D eigenvalue weighted by Gasteiger charge is -2.33. The third-order valence-electron chi connectivity index (χ3n) is 4.40. The molecule has 0 fully saturated rings. The molecule has 0 radical (unpaired) electrons. The Hall–Kier alpha value is -1.22. The van der Waals surface area contributed by atoms with Gasteiger partial charge in [0.1, 0.15) is 0 Å². The van der Waals surface area contributed by atoms with Gasteiger partial charge in [0, 0.05) is 21.8 Å². The second-order valence-corrected chi connectivity index (χ2v) is 7.02. The Morgan fingerprint density at radius 2 is 1.61 bits per heavy atom. The molecule has 2 unspecified atom stereocenters. The van der Waals surface area contributed by atoms with Crippen molar-refractivity contribution in [2.75, 3.05) is 19.8 Å². The van der Waals surface area contributed by atoms with Crippen LogP contribution in [-0.4, -0.2) is 25.0 Å². The van der Waals surface area contributed by atoms with E-state index < -0.39 is 0 Å². The number of nitrogens with zero attached hydrogens (tertiary/aromatic N) is 1. The summed E-state index contributed by atoms with van der Waals surface area (Å²) in [6, 6.07) is 14.3. The van der Waals surface area contributed by atoms with E-state index in [1.54, 1.807) is 0 Å². The maximum Gasteiger partial charge on any atom is 0.0426 e. The first-order valence-electron chi connectivity index (χ1n) is 7.88. The zero-order valence-electron chi connectivity index (χ0n) is 13.9. The fourth-order valence-corrected chi connectivity index (χ4v) is 3.41. The number of likely N-dealkylation sites (N-methyl/N-ethyl adjacent to an activating group) is 1. The fourth-order valence-electron chi connectivity index (χ4n) is 3.10. The van der Waals surface area contributed by atoms with Gasteiger partial charge < -0.3 is 10.6 Å². The van der Waals surface area contributed by atoms with E-state index in [4.69, 9.17) is 28.9 Å². The van der Waals surface area contributed by atoms with Crippen LogP contribution < -0.4 is 5.73 Å². The van der Waals surface area contributed by atoms with Gasteiger partial charge in [0.05, 0.1) is 0 Å². The minimum Gasteiger partial charge on any atom is -0.398 e. The van der Waals surface area contributed by atoms with Gasteiger partial charge in [-0.05, 0) is 68.2 Å². The third kappa shape index (κ3) is 4.63. The molecule has 2 aromatic rings. The first kappa shape index (κ1) is 18.1. The maximum atomic E-state index is 6.15. The summed E-state index contributed by atoms with van der Waals surface area (Å²) in [4.78, 5) is 2.27. The van der Waals surface area contributed by atoms with E-state index in [-0.39, 0.29) is 0 Å². The van der Waals surface area contributed by atoms with Crippen LogP contribution in [0.5, 0.6) is 0 Å². The van der Waals surface area contributed by atoms with Gasteiger partial charge in [0.2, 0.25) is 0 Å². The van der Waals surface area contributed by atoms with Gasteiger partial charge in [-0.3, -0.25) is 0 Å². The Labute approximate surface area is 149 Å².